The van der Waals surface area contributed by atoms with E-state index < -0.39 is 0 Å². The van der Waals surface area contributed by atoms with Gasteiger partial charge in [-0.3, -0.25) is 9.59 Å². The zero-order chi connectivity index (χ0) is 29.9. The van der Waals surface area contributed by atoms with Crippen LogP contribution in [0.3, 0.4) is 0 Å². The van der Waals surface area contributed by atoms with Crippen molar-refractivity contribution in [2.24, 2.45) is 5.16 Å². The SMILES string of the molecule is O=C(Cn1nc(/C=N/O)cc1C(=O)N[C@H]1CCCC[C@@H]1OCc1ccccc1)N[C@H]1CCCC[C@@H]1OCc1ccccc1. The smallest absolute Gasteiger partial charge is 0.269 e. The summed E-state index contributed by atoms with van der Waals surface area (Å²) in [6.07, 6.45) is 8.40. The van der Waals surface area contributed by atoms with E-state index in [0.29, 0.717) is 13.2 Å². The zero-order valence-corrected chi connectivity index (χ0v) is 24.4. The fraction of sp³-hybridized carbons (Fsp3) is 0.455. The van der Waals surface area contributed by atoms with Crippen LogP contribution in [0.2, 0.25) is 0 Å². The molecular weight excluding hydrogens is 546 g/mol. The predicted molar refractivity (Wildman–Crippen MR) is 162 cm³/mol. The van der Waals surface area contributed by atoms with E-state index >= 15 is 0 Å². The number of aromatic nitrogens is 2. The molecule has 2 fully saturated rings. The molecule has 3 aromatic rings. The summed E-state index contributed by atoms with van der Waals surface area (Å²) in [7, 11) is 0. The largest absolute Gasteiger partial charge is 0.411 e. The summed E-state index contributed by atoms with van der Waals surface area (Å²) in [5.41, 5.74) is 2.68. The minimum atomic E-state index is -0.347. The molecule has 43 heavy (non-hydrogen) atoms. The van der Waals surface area contributed by atoms with E-state index in [1.54, 1.807) is 0 Å². The molecule has 10 nitrogen and oxygen atoms in total. The lowest BCUT2D eigenvalue weighted by Gasteiger charge is -2.32. The van der Waals surface area contributed by atoms with Gasteiger partial charge in [0.05, 0.1) is 43.7 Å². The average Bonchev–Trinajstić information content (AvgIpc) is 3.43. The Morgan fingerprint density at radius 2 is 1.37 bits per heavy atom. The number of oxime groups is 1. The van der Waals surface area contributed by atoms with Crippen molar-refractivity contribution in [2.75, 3.05) is 0 Å². The Morgan fingerprint density at radius 3 is 1.93 bits per heavy atom. The molecule has 1 heterocycles. The highest BCUT2D eigenvalue weighted by atomic mass is 16.5. The van der Waals surface area contributed by atoms with Gasteiger partial charge in [-0.05, 0) is 42.9 Å². The van der Waals surface area contributed by atoms with Gasteiger partial charge in [-0.1, -0.05) is 91.5 Å². The van der Waals surface area contributed by atoms with Crippen LogP contribution in [-0.2, 0) is 34.0 Å². The van der Waals surface area contributed by atoms with Crippen LogP contribution in [0.4, 0.5) is 0 Å². The van der Waals surface area contributed by atoms with Crippen LogP contribution in [0.15, 0.2) is 71.9 Å². The lowest BCUT2D eigenvalue weighted by Crippen LogP contribution is -2.48. The summed E-state index contributed by atoms with van der Waals surface area (Å²) in [5, 5.41) is 22.7. The highest BCUT2D eigenvalue weighted by Crippen LogP contribution is 2.24. The average molecular weight is 588 g/mol. The van der Waals surface area contributed by atoms with Crippen molar-refractivity contribution in [2.45, 2.75) is 95.4 Å². The van der Waals surface area contributed by atoms with Gasteiger partial charge in [0.15, 0.2) is 0 Å². The molecule has 228 valence electrons. The number of amides is 2. The number of carbonyl (C=O) groups excluding carboxylic acids is 2. The van der Waals surface area contributed by atoms with Gasteiger partial charge >= 0.3 is 0 Å². The normalized spacial score (nSPS) is 22.3. The van der Waals surface area contributed by atoms with Crippen molar-refractivity contribution in [1.82, 2.24) is 20.4 Å². The van der Waals surface area contributed by atoms with Crippen LogP contribution in [0, 0.1) is 0 Å². The maximum Gasteiger partial charge on any atom is 0.269 e. The van der Waals surface area contributed by atoms with Crippen molar-refractivity contribution in [3.63, 3.8) is 0 Å². The molecule has 0 aliphatic heterocycles. The van der Waals surface area contributed by atoms with E-state index in [1.165, 1.54) is 10.7 Å². The van der Waals surface area contributed by atoms with E-state index in [4.69, 9.17) is 14.7 Å². The number of rotatable bonds is 12. The summed E-state index contributed by atoms with van der Waals surface area (Å²) < 4.78 is 13.8. The molecule has 2 aliphatic rings. The first-order valence-electron chi connectivity index (χ1n) is 15.3. The Balaban J connectivity index is 1.21. The fourth-order valence-electron chi connectivity index (χ4n) is 5.97. The number of nitrogens with zero attached hydrogens (tertiary/aromatic N) is 3. The molecule has 3 N–H and O–H groups in total. The minimum Gasteiger partial charge on any atom is -0.411 e. The lowest BCUT2D eigenvalue weighted by atomic mass is 9.92. The Kier molecular flexibility index (Phi) is 10.9. The van der Waals surface area contributed by atoms with E-state index in [2.05, 4.69) is 20.9 Å². The second kappa shape index (κ2) is 15.5. The molecule has 0 spiro atoms. The molecule has 0 bridgehead atoms. The van der Waals surface area contributed by atoms with Gasteiger partial charge in [-0.15, -0.1) is 0 Å². The number of nitrogens with one attached hydrogen (secondary N) is 2. The van der Waals surface area contributed by atoms with Crippen LogP contribution < -0.4 is 10.6 Å². The minimum absolute atomic E-state index is 0.0884. The van der Waals surface area contributed by atoms with Crippen LogP contribution >= 0.6 is 0 Å². The maximum absolute atomic E-state index is 13.5. The van der Waals surface area contributed by atoms with Crippen LogP contribution in [0.25, 0.3) is 0 Å². The van der Waals surface area contributed by atoms with Crippen LogP contribution in [-0.4, -0.2) is 57.3 Å². The number of ether oxygens (including phenoxy) is 2. The van der Waals surface area contributed by atoms with Crippen molar-refractivity contribution in [1.29, 1.82) is 0 Å². The number of hydrogen-bond acceptors (Lipinski definition) is 7. The van der Waals surface area contributed by atoms with Gasteiger partial charge in [0.2, 0.25) is 5.91 Å². The van der Waals surface area contributed by atoms with E-state index in [0.717, 1.165) is 68.7 Å². The molecule has 0 radical (unpaired) electrons. The second-order valence-corrected chi connectivity index (χ2v) is 11.3. The molecule has 2 saturated carbocycles. The Hall–Kier alpha value is -4.02. The van der Waals surface area contributed by atoms with Gasteiger partial charge < -0.3 is 25.3 Å². The topological polar surface area (TPSA) is 127 Å². The highest BCUT2D eigenvalue weighted by molar-refractivity contribution is 5.95. The monoisotopic (exact) mass is 587 g/mol. The Morgan fingerprint density at radius 1 is 0.837 bits per heavy atom. The van der Waals surface area contributed by atoms with E-state index in [-0.39, 0.29) is 54.0 Å². The van der Waals surface area contributed by atoms with Gasteiger partial charge in [-0.2, -0.15) is 5.10 Å². The standard InChI is InChI=1S/C33H41N5O5/c39-32(35-27-15-7-9-17-30(27)42-22-24-11-3-1-4-12-24)21-38-29(19-26(37-38)20-34-41)33(40)36-28-16-8-10-18-31(28)43-23-25-13-5-2-6-14-25/h1-6,11-14,19-20,27-28,30-31,41H,7-10,15-18,21-23H2,(H,35,39)(H,36,40)/b34-20+/t27-,28-,30-,31-/m0/s1. The third-order valence-electron chi connectivity index (χ3n) is 8.20. The molecule has 10 heteroatoms. The number of carbonyl (C=O) groups is 2. The molecule has 0 unspecified atom stereocenters. The van der Waals surface area contributed by atoms with Gasteiger partial charge in [0, 0.05) is 0 Å². The molecule has 5 rings (SSSR count). The zero-order valence-electron chi connectivity index (χ0n) is 24.4. The third-order valence-corrected chi connectivity index (χ3v) is 8.20. The Bertz CT molecular complexity index is 1350. The van der Waals surface area contributed by atoms with Crippen molar-refractivity contribution >= 4 is 18.0 Å². The molecule has 2 aliphatic carbocycles. The van der Waals surface area contributed by atoms with E-state index in [9.17, 15) is 9.59 Å². The van der Waals surface area contributed by atoms with Gasteiger partial charge in [-0.25, -0.2) is 4.68 Å². The number of hydrogen-bond donors (Lipinski definition) is 3. The molecule has 2 aromatic carbocycles. The Labute approximate surface area is 252 Å². The fourth-order valence-corrected chi connectivity index (χ4v) is 5.97. The van der Waals surface area contributed by atoms with E-state index in [1.807, 2.05) is 60.7 Å². The highest BCUT2D eigenvalue weighted by Gasteiger charge is 2.30. The van der Waals surface area contributed by atoms with Crippen LogP contribution in [0.5, 0.6) is 0 Å². The lowest BCUT2D eigenvalue weighted by molar-refractivity contribution is -0.124. The first-order chi connectivity index (χ1) is 21.1. The summed E-state index contributed by atoms with van der Waals surface area (Å²) in [6.45, 7) is 0.815. The number of benzene rings is 2. The van der Waals surface area contributed by atoms with Crippen molar-refractivity contribution < 1.29 is 24.3 Å². The van der Waals surface area contributed by atoms with Crippen molar-refractivity contribution in [3.8, 4) is 0 Å². The molecule has 0 saturated heterocycles. The molecular formula is C33H41N5O5. The summed E-state index contributed by atoms with van der Waals surface area (Å²) >= 11 is 0. The summed E-state index contributed by atoms with van der Waals surface area (Å²) in [4.78, 5) is 26.8. The second-order valence-electron chi connectivity index (χ2n) is 11.3. The van der Waals surface area contributed by atoms with Gasteiger partial charge in [0.1, 0.15) is 17.9 Å². The molecule has 4 atom stereocenters. The predicted octanol–water partition coefficient (Wildman–Crippen LogP) is 4.59. The van der Waals surface area contributed by atoms with Crippen LogP contribution in [0.1, 0.15) is 78.7 Å². The van der Waals surface area contributed by atoms with Gasteiger partial charge in [0.25, 0.3) is 5.91 Å². The quantitative estimate of drug-likeness (QED) is 0.162. The molecule has 1 aromatic heterocycles. The first-order valence-corrected chi connectivity index (χ1v) is 15.3. The first kappa shape index (κ1) is 30.4. The summed E-state index contributed by atoms with van der Waals surface area (Å²) in [5.74, 6) is -0.605. The maximum atomic E-state index is 13.5. The molecule has 2 amide bonds. The van der Waals surface area contributed by atoms with Crippen molar-refractivity contribution in [3.05, 3.63) is 89.2 Å². The summed E-state index contributed by atoms with van der Waals surface area (Å²) in [6, 6.07) is 21.2. The third kappa shape index (κ3) is 8.75.